The summed E-state index contributed by atoms with van der Waals surface area (Å²) in [4.78, 5) is 71.1. The lowest BCUT2D eigenvalue weighted by Gasteiger charge is -2.31. The lowest BCUT2D eigenvalue weighted by molar-refractivity contribution is -0.141. The Morgan fingerprint density at radius 1 is 1.09 bits per heavy atom. The predicted octanol–water partition coefficient (Wildman–Crippen LogP) is 1.37. The van der Waals surface area contributed by atoms with Crippen LogP contribution >= 0.6 is 0 Å². The summed E-state index contributed by atoms with van der Waals surface area (Å²) in [6.07, 6.45) is 2.17. The quantitative estimate of drug-likeness (QED) is 0.212. The number of carbonyl (C=O) groups is 5. The first-order valence-electron chi connectivity index (χ1n) is 17.9. The van der Waals surface area contributed by atoms with E-state index in [9.17, 15) is 36.8 Å². The fourth-order valence-electron chi connectivity index (χ4n) is 7.17. The van der Waals surface area contributed by atoms with Crippen molar-refractivity contribution >= 4 is 39.9 Å². The fourth-order valence-corrected chi connectivity index (χ4v) is 8.53. The molecule has 6 rings (SSSR count). The monoisotopic (exact) mass is 761 g/mol. The Labute approximate surface area is 307 Å². The van der Waals surface area contributed by atoms with Gasteiger partial charge in [0.15, 0.2) is 0 Å². The molecule has 3 aliphatic heterocycles. The summed E-state index contributed by atoms with van der Waals surface area (Å²) in [6, 6.07) is 2.06. The number of amides is 5. The number of hydrogen-bond donors (Lipinski definition) is 5. The number of ether oxygens (including phenoxy) is 2. The Morgan fingerprint density at radius 2 is 1.83 bits per heavy atom. The molecule has 53 heavy (non-hydrogen) atoms. The van der Waals surface area contributed by atoms with Crippen LogP contribution in [0.5, 0.6) is 0 Å². The maximum absolute atomic E-state index is 14.4. The molecule has 5 unspecified atom stereocenters. The van der Waals surface area contributed by atoms with Gasteiger partial charge in [-0.3, -0.25) is 24.0 Å². The third-order valence-electron chi connectivity index (χ3n) is 10.3. The minimum atomic E-state index is -3.98. The van der Waals surface area contributed by atoms with Crippen LogP contribution in [0.25, 0.3) is 0 Å². The molecule has 7 N–H and O–H groups in total. The van der Waals surface area contributed by atoms with Crippen LogP contribution in [0.2, 0.25) is 0 Å². The van der Waals surface area contributed by atoms with E-state index in [0.29, 0.717) is 24.0 Å². The molecule has 2 saturated carbocycles. The molecule has 5 aliphatic rings. The van der Waals surface area contributed by atoms with Crippen molar-refractivity contribution in [3.63, 3.8) is 0 Å². The minimum absolute atomic E-state index is 0.0257. The van der Waals surface area contributed by atoms with Gasteiger partial charge in [-0.05, 0) is 77.3 Å². The molecule has 3 fully saturated rings. The maximum Gasteiger partial charge on any atom is 0.410 e. The number of benzene rings is 1. The smallest absolute Gasteiger partial charge is 0.410 e. The number of sulfonamides is 1. The highest BCUT2D eigenvalue weighted by Gasteiger charge is 2.62. The van der Waals surface area contributed by atoms with E-state index in [1.54, 1.807) is 45.1 Å². The average Bonchev–Trinajstić information content (AvgIpc) is 3.93. The summed E-state index contributed by atoms with van der Waals surface area (Å²) in [5, 5.41) is 4.65. The molecular weight excluding hydrogens is 713 g/mol. The number of carbonyl (C=O) groups excluding carboxylic acids is 5. The molecule has 0 spiro atoms. The van der Waals surface area contributed by atoms with Crippen LogP contribution in [0.15, 0.2) is 30.4 Å². The van der Waals surface area contributed by atoms with Crippen LogP contribution < -0.4 is 26.8 Å². The third-order valence-corrected chi connectivity index (χ3v) is 12.1. The van der Waals surface area contributed by atoms with Crippen molar-refractivity contribution in [3.05, 3.63) is 47.3 Å². The van der Waals surface area contributed by atoms with Crippen molar-refractivity contribution in [2.75, 3.05) is 6.54 Å². The van der Waals surface area contributed by atoms with Crippen LogP contribution in [0, 0.1) is 11.7 Å². The van der Waals surface area contributed by atoms with Gasteiger partial charge < -0.3 is 36.5 Å². The Hall–Kier alpha value is -4.29. The van der Waals surface area contributed by atoms with E-state index in [-0.39, 0.29) is 58.2 Å². The Balaban J connectivity index is 1.28. The van der Waals surface area contributed by atoms with Gasteiger partial charge in [0.05, 0.1) is 24.0 Å². The molecule has 1 aromatic rings. The van der Waals surface area contributed by atoms with Gasteiger partial charge in [-0.2, -0.15) is 0 Å². The van der Waals surface area contributed by atoms with Crippen molar-refractivity contribution < 1.29 is 46.3 Å². The van der Waals surface area contributed by atoms with E-state index in [4.69, 9.17) is 20.9 Å². The first-order chi connectivity index (χ1) is 24.8. The molecule has 18 heteroatoms. The van der Waals surface area contributed by atoms with Gasteiger partial charge >= 0.3 is 12.2 Å². The maximum atomic E-state index is 14.4. The number of hydrogen-bond acceptors (Lipinski definition) is 11. The zero-order chi connectivity index (χ0) is 38.5. The molecule has 290 valence electrons. The van der Waals surface area contributed by atoms with Crippen molar-refractivity contribution in [2.24, 2.45) is 17.4 Å². The van der Waals surface area contributed by atoms with Crippen LogP contribution in [0.3, 0.4) is 0 Å². The SMILES string of the molecule is CC(C)(C)OC(=O)NC1CCCC(N)(N)CC=CC2CC2(C(=O)NS(=O)(=O)C2CC2)NC(=O)C2CC(OC(=O)N3Cc4cccc(F)c4C3)CN2C1=O. The fraction of sp³-hybridized carbons (Fsp3) is 0.629. The van der Waals surface area contributed by atoms with Gasteiger partial charge in [-0.1, -0.05) is 24.3 Å². The number of halogens is 1. The summed E-state index contributed by atoms with van der Waals surface area (Å²) >= 11 is 0. The number of fused-ring (bicyclic) bond motifs is 3. The number of nitrogens with zero attached hydrogens (tertiary/aromatic N) is 2. The van der Waals surface area contributed by atoms with Gasteiger partial charge in [0.2, 0.25) is 21.8 Å². The van der Waals surface area contributed by atoms with Crippen LogP contribution in [0.4, 0.5) is 14.0 Å². The minimum Gasteiger partial charge on any atom is -0.444 e. The summed E-state index contributed by atoms with van der Waals surface area (Å²) < 4.78 is 53.4. The van der Waals surface area contributed by atoms with Crippen LogP contribution in [-0.2, 0) is 47.0 Å². The van der Waals surface area contributed by atoms with Gasteiger partial charge in [0.25, 0.3) is 5.91 Å². The van der Waals surface area contributed by atoms with Gasteiger partial charge in [-0.25, -0.2) is 22.4 Å². The summed E-state index contributed by atoms with van der Waals surface area (Å²) in [6.45, 7) is 4.82. The van der Waals surface area contributed by atoms with Crippen molar-refractivity contribution in [1.82, 2.24) is 25.2 Å². The zero-order valence-electron chi connectivity index (χ0n) is 30.1. The van der Waals surface area contributed by atoms with Crippen LogP contribution in [-0.4, -0.2) is 94.9 Å². The topological polar surface area (TPSA) is 233 Å². The first-order valence-corrected chi connectivity index (χ1v) is 19.5. The van der Waals surface area contributed by atoms with Crippen LogP contribution in [0.1, 0.15) is 83.3 Å². The third kappa shape index (κ3) is 8.75. The van der Waals surface area contributed by atoms with E-state index >= 15 is 0 Å². The van der Waals surface area contributed by atoms with Crippen molar-refractivity contribution in [2.45, 2.75) is 125 Å². The van der Waals surface area contributed by atoms with E-state index in [1.807, 2.05) is 0 Å². The molecule has 1 saturated heterocycles. The summed E-state index contributed by atoms with van der Waals surface area (Å²) in [5.41, 5.74) is 9.97. The predicted molar refractivity (Wildman–Crippen MR) is 187 cm³/mol. The first kappa shape index (κ1) is 38.4. The van der Waals surface area contributed by atoms with Crippen molar-refractivity contribution in [1.29, 1.82) is 0 Å². The standard InChI is InChI=1S/C35H48FN7O9S/c1-33(2,3)52-31(47)39-26-10-6-14-34(37,38)13-5-8-21-16-35(21,30(46)41-53(49,50)23-11-12-23)40-28(44)27-15-22(18-43(27)29(26)45)51-32(48)42-17-20-7-4-9-25(36)24(20)19-42/h4-5,7-9,21-23,26-27H,6,10-19,37-38H2,1-3H3,(H,39,47)(H,40,44)(H,41,46). The van der Waals surface area contributed by atoms with E-state index < -0.39 is 91.9 Å². The normalized spacial score (nSPS) is 28.7. The Bertz CT molecular complexity index is 1810. The highest BCUT2D eigenvalue weighted by Crippen LogP contribution is 2.46. The lowest BCUT2D eigenvalue weighted by Crippen LogP contribution is -2.58. The number of nitrogens with one attached hydrogen (secondary N) is 3. The molecule has 1 aromatic carbocycles. The Kier molecular flexibility index (Phi) is 10.3. The molecule has 0 radical (unpaired) electrons. The Morgan fingerprint density at radius 3 is 2.51 bits per heavy atom. The van der Waals surface area contributed by atoms with E-state index in [1.165, 1.54) is 15.9 Å². The lowest BCUT2D eigenvalue weighted by atomic mass is 9.97. The summed E-state index contributed by atoms with van der Waals surface area (Å²) in [7, 11) is -3.98. The second-order valence-corrected chi connectivity index (χ2v) is 17.8. The number of nitrogens with two attached hydrogens (primary N) is 2. The largest absolute Gasteiger partial charge is 0.444 e. The average molecular weight is 762 g/mol. The second-order valence-electron chi connectivity index (χ2n) is 15.9. The highest BCUT2D eigenvalue weighted by molar-refractivity contribution is 7.91. The highest BCUT2D eigenvalue weighted by atomic mass is 32.2. The van der Waals surface area contributed by atoms with E-state index in [2.05, 4.69) is 15.4 Å². The molecular formula is C35H48FN7O9S. The van der Waals surface area contributed by atoms with Crippen molar-refractivity contribution in [3.8, 4) is 0 Å². The molecule has 5 amide bonds. The van der Waals surface area contributed by atoms with Gasteiger partial charge in [-0.15, -0.1) is 0 Å². The second kappa shape index (κ2) is 14.2. The number of alkyl carbamates (subject to hydrolysis) is 1. The molecule has 3 heterocycles. The number of rotatable bonds is 5. The molecule has 0 aromatic heterocycles. The summed E-state index contributed by atoms with van der Waals surface area (Å²) in [5.74, 6) is -3.43. The molecule has 5 atom stereocenters. The van der Waals surface area contributed by atoms with Gasteiger partial charge in [0, 0.05) is 24.4 Å². The van der Waals surface area contributed by atoms with Gasteiger partial charge in [0.1, 0.15) is 35.1 Å². The van der Waals surface area contributed by atoms with E-state index in [0.717, 1.165) is 0 Å². The molecule has 0 bridgehead atoms. The molecule has 16 nitrogen and oxygen atoms in total. The molecule has 2 aliphatic carbocycles. The zero-order valence-corrected chi connectivity index (χ0v) is 30.9.